The number of likely N-dealkylation sites (N-methyl/N-ethyl adjacent to an activating group) is 1. The van der Waals surface area contributed by atoms with E-state index in [4.69, 9.17) is 9.47 Å². The van der Waals surface area contributed by atoms with Gasteiger partial charge in [-0.05, 0) is 30.5 Å². The number of amides is 2. The molecular formula is C24H33N3O6S. The fourth-order valence-electron chi connectivity index (χ4n) is 3.65. The van der Waals surface area contributed by atoms with Crippen molar-refractivity contribution in [1.29, 1.82) is 0 Å². The molecule has 2 rings (SSSR count). The molecule has 1 atom stereocenters. The Hall–Kier alpha value is -3.27. The van der Waals surface area contributed by atoms with Crippen LogP contribution in [0, 0.1) is 0 Å². The van der Waals surface area contributed by atoms with Crippen LogP contribution in [0.5, 0.6) is 11.5 Å². The molecule has 0 unspecified atom stereocenters. The van der Waals surface area contributed by atoms with Crippen LogP contribution in [-0.4, -0.2) is 71.8 Å². The van der Waals surface area contributed by atoms with Crippen molar-refractivity contribution in [2.75, 3.05) is 44.9 Å². The van der Waals surface area contributed by atoms with E-state index in [0.717, 1.165) is 16.1 Å². The van der Waals surface area contributed by atoms with Crippen LogP contribution in [0.3, 0.4) is 0 Å². The van der Waals surface area contributed by atoms with E-state index in [-0.39, 0.29) is 23.9 Å². The van der Waals surface area contributed by atoms with Crippen molar-refractivity contribution in [3.05, 3.63) is 54.1 Å². The van der Waals surface area contributed by atoms with Crippen molar-refractivity contribution < 1.29 is 27.5 Å². The molecule has 2 aromatic carbocycles. The summed E-state index contributed by atoms with van der Waals surface area (Å²) < 4.78 is 37.0. The first-order valence-electron chi connectivity index (χ1n) is 10.9. The summed E-state index contributed by atoms with van der Waals surface area (Å²) in [7, 11) is 0.545. The van der Waals surface area contributed by atoms with E-state index < -0.39 is 28.5 Å². The number of sulfonamides is 1. The largest absolute Gasteiger partial charge is 0.497 e. The lowest BCUT2D eigenvalue weighted by molar-refractivity contribution is -0.139. The minimum Gasteiger partial charge on any atom is -0.497 e. The Bertz CT molecular complexity index is 1080. The van der Waals surface area contributed by atoms with Crippen LogP contribution < -0.4 is 19.1 Å². The van der Waals surface area contributed by atoms with Gasteiger partial charge in [-0.2, -0.15) is 0 Å². The Balaban J connectivity index is 2.41. The Kier molecular flexibility index (Phi) is 9.73. The molecule has 2 amide bonds. The lowest BCUT2D eigenvalue weighted by atomic mass is 10.1. The summed E-state index contributed by atoms with van der Waals surface area (Å²) in [4.78, 5) is 27.5. The monoisotopic (exact) mass is 491 g/mol. The van der Waals surface area contributed by atoms with Gasteiger partial charge in [0.1, 0.15) is 24.1 Å². The predicted octanol–water partition coefficient (Wildman–Crippen LogP) is 2.07. The van der Waals surface area contributed by atoms with Crippen LogP contribution in [0.15, 0.2) is 48.5 Å². The van der Waals surface area contributed by atoms with Gasteiger partial charge in [0.15, 0.2) is 0 Å². The molecule has 0 saturated carbocycles. The first-order valence-corrected chi connectivity index (χ1v) is 12.8. The summed E-state index contributed by atoms with van der Waals surface area (Å²) >= 11 is 0. The van der Waals surface area contributed by atoms with Crippen LogP contribution in [0.4, 0.5) is 5.69 Å². The van der Waals surface area contributed by atoms with Crippen molar-refractivity contribution in [3.63, 3.8) is 0 Å². The van der Waals surface area contributed by atoms with E-state index in [1.54, 1.807) is 12.1 Å². The minimum atomic E-state index is -3.86. The first kappa shape index (κ1) is 27.0. The first-order chi connectivity index (χ1) is 16.2. The Morgan fingerprint density at radius 1 is 1.06 bits per heavy atom. The molecule has 0 heterocycles. The quantitative estimate of drug-likeness (QED) is 0.487. The molecule has 9 nitrogen and oxygen atoms in total. The Morgan fingerprint density at radius 3 is 2.26 bits per heavy atom. The number of methoxy groups -OCH3 is 2. The van der Waals surface area contributed by atoms with Crippen molar-refractivity contribution in [1.82, 2.24) is 10.2 Å². The van der Waals surface area contributed by atoms with Crippen molar-refractivity contribution >= 4 is 27.5 Å². The third-order valence-corrected chi connectivity index (χ3v) is 6.58. The van der Waals surface area contributed by atoms with Crippen molar-refractivity contribution in [2.45, 2.75) is 25.8 Å². The number of nitrogens with zero attached hydrogens (tertiary/aromatic N) is 2. The average Bonchev–Trinajstić information content (AvgIpc) is 2.84. The zero-order valence-corrected chi connectivity index (χ0v) is 21.1. The van der Waals surface area contributed by atoms with Crippen LogP contribution in [0.1, 0.15) is 18.9 Å². The highest BCUT2D eigenvalue weighted by atomic mass is 32.2. The predicted molar refractivity (Wildman–Crippen MR) is 132 cm³/mol. The molecule has 0 radical (unpaired) electrons. The number of hydrogen-bond donors (Lipinski definition) is 1. The van der Waals surface area contributed by atoms with Gasteiger partial charge in [0, 0.05) is 19.7 Å². The fourth-order valence-corrected chi connectivity index (χ4v) is 4.50. The van der Waals surface area contributed by atoms with Crippen LogP contribution in [0.2, 0.25) is 0 Å². The minimum absolute atomic E-state index is 0.204. The van der Waals surface area contributed by atoms with E-state index in [1.807, 2.05) is 37.3 Å². The summed E-state index contributed by atoms with van der Waals surface area (Å²) in [5, 5.41) is 2.60. The van der Waals surface area contributed by atoms with Gasteiger partial charge in [-0.1, -0.05) is 37.3 Å². The SMILES string of the molecule is CC[C@H](C(=O)NC)N(CCc1ccccc1)C(=O)CN(c1ccc(OC)cc1OC)S(C)(=O)=O. The van der Waals surface area contributed by atoms with Gasteiger partial charge >= 0.3 is 0 Å². The second kappa shape index (κ2) is 12.3. The second-order valence-corrected chi connectivity index (χ2v) is 9.58. The molecule has 2 aromatic rings. The molecule has 0 aromatic heterocycles. The highest BCUT2D eigenvalue weighted by molar-refractivity contribution is 7.92. The zero-order chi connectivity index (χ0) is 25.3. The smallest absolute Gasteiger partial charge is 0.244 e. The molecule has 0 fully saturated rings. The average molecular weight is 492 g/mol. The van der Waals surface area contributed by atoms with Gasteiger partial charge < -0.3 is 19.7 Å². The number of nitrogens with one attached hydrogen (secondary N) is 1. The molecule has 1 N–H and O–H groups in total. The molecule has 10 heteroatoms. The fraction of sp³-hybridized carbons (Fsp3) is 0.417. The molecule has 0 aliphatic carbocycles. The summed E-state index contributed by atoms with van der Waals surface area (Å²) in [5.74, 6) is -0.0752. The van der Waals surface area contributed by atoms with E-state index in [1.165, 1.54) is 32.2 Å². The van der Waals surface area contributed by atoms with Gasteiger partial charge in [-0.3, -0.25) is 13.9 Å². The molecule has 0 spiro atoms. The number of rotatable bonds is 12. The standard InChI is InChI=1S/C24H33N3O6S/c1-6-20(24(29)25-2)26(15-14-18-10-8-7-9-11-18)23(28)17-27(34(5,30)31)21-13-12-19(32-3)16-22(21)33-4/h7-13,16,20H,6,14-15,17H2,1-5H3,(H,25,29)/t20-/m1/s1. The molecule has 0 bridgehead atoms. The van der Waals surface area contributed by atoms with Gasteiger partial charge in [0.25, 0.3) is 0 Å². The lowest BCUT2D eigenvalue weighted by Gasteiger charge is -2.32. The molecule has 0 aliphatic rings. The Labute approximate surface area is 201 Å². The topological polar surface area (TPSA) is 105 Å². The summed E-state index contributed by atoms with van der Waals surface area (Å²) in [5.41, 5.74) is 1.21. The summed E-state index contributed by atoms with van der Waals surface area (Å²) in [6.45, 7) is 1.58. The number of benzene rings is 2. The summed E-state index contributed by atoms with van der Waals surface area (Å²) in [6, 6.07) is 13.5. The molecular weight excluding hydrogens is 458 g/mol. The number of carbonyl (C=O) groups is 2. The van der Waals surface area contributed by atoms with Crippen LogP contribution in [0.25, 0.3) is 0 Å². The zero-order valence-electron chi connectivity index (χ0n) is 20.3. The van der Waals surface area contributed by atoms with Gasteiger partial charge in [0.05, 0.1) is 26.2 Å². The third kappa shape index (κ3) is 6.86. The molecule has 0 saturated heterocycles. The molecule has 0 aliphatic heterocycles. The lowest BCUT2D eigenvalue weighted by Crippen LogP contribution is -2.52. The maximum absolute atomic E-state index is 13.5. The highest BCUT2D eigenvalue weighted by Crippen LogP contribution is 2.33. The van der Waals surface area contributed by atoms with Gasteiger partial charge in [0.2, 0.25) is 21.8 Å². The van der Waals surface area contributed by atoms with Gasteiger partial charge in [-0.25, -0.2) is 8.42 Å². The maximum atomic E-state index is 13.5. The van der Waals surface area contributed by atoms with E-state index in [2.05, 4.69) is 5.32 Å². The molecule has 34 heavy (non-hydrogen) atoms. The summed E-state index contributed by atoms with van der Waals surface area (Å²) in [6.07, 6.45) is 1.92. The molecule has 186 valence electrons. The van der Waals surface area contributed by atoms with Gasteiger partial charge in [-0.15, -0.1) is 0 Å². The number of anilines is 1. The normalized spacial score (nSPS) is 11.9. The van der Waals surface area contributed by atoms with Crippen LogP contribution in [-0.2, 0) is 26.0 Å². The maximum Gasteiger partial charge on any atom is 0.244 e. The second-order valence-electron chi connectivity index (χ2n) is 7.67. The van der Waals surface area contributed by atoms with E-state index in [0.29, 0.717) is 18.6 Å². The van der Waals surface area contributed by atoms with Crippen LogP contribution >= 0.6 is 0 Å². The van der Waals surface area contributed by atoms with E-state index in [9.17, 15) is 18.0 Å². The van der Waals surface area contributed by atoms with Crippen molar-refractivity contribution in [3.8, 4) is 11.5 Å². The Morgan fingerprint density at radius 2 is 1.74 bits per heavy atom. The third-order valence-electron chi connectivity index (χ3n) is 5.45. The number of carbonyl (C=O) groups excluding carboxylic acids is 2. The number of hydrogen-bond acceptors (Lipinski definition) is 6. The highest BCUT2D eigenvalue weighted by Gasteiger charge is 2.32. The van der Waals surface area contributed by atoms with Crippen molar-refractivity contribution in [2.24, 2.45) is 0 Å². The van der Waals surface area contributed by atoms with E-state index >= 15 is 0 Å². The number of ether oxygens (including phenoxy) is 2.